The summed E-state index contributed by atoms with van der Waals surface area (Å²) in [4.78, 5) is 19.9. The first kappa shape index (κ1) is 17.7. The van der Waals surface area contributed by atoms with Gasteiger partial charge in [-0.3, -0.25) is 9.78 Å². The zero-order chi connectivity index (χ0) is 17.7. The Morgan fingerprint density at radius 2 is 2.00 bits per heavy atom. The normalized spacial score (nSPS) is 11.2. The fourth-order valence-electron chi connectivity index (χ4n) is 1.94. The number of hydrogen-bond acceptors (Lipinski definition) is 4. The van der Waals surface area contributed by atoms with Crippen LogP contribution >= 0.6 is 0 Å². The highest BCUT2D eigenvalue weighted by Crippen LogP contribution is 2.19. The van der Waals surface area contributed by atoms with Crippen LogP contribution in [0.1, 0.15) is 27.2 Å². The first-order valence-electron chi connectivity index (χ1n) is 7.10. The molecule has 2 aromatic rings. The van der Waals surface area contributed by atoms with Gasteiger partial charge in [-0.25, -0.2) is 4.98 Å². The van der Waals surface area contributed by atoms with Crippen molar-refractivity contribution in [1.29, 1.82) is 0 Å². The number of hydrogen-bond donors (Lipinski definition) is 1. The zero-order valence-corrected chi connectivity index (χ0v) is 13.1. The van der Waals surface area contributed by atoms with Gasteiger partial charge < -0.3 is 10.1 Å². The molecule has 0 atom stereocenters. The standard InChI is InChI=1S/C16H16F3N3O2/c1-10-5-14(24-9-16(17,18)19)21-7-13(10)8-22-15(23)12-3-4-20-11(2)6-12/h3-7H,8-9H2,1-2H3,(H,22,23). The number of nitrogens with one attached hydrogen (secondary N) is 1. The van der Waals surface area contributed by atoms with Crippen LogP contribution < -0.4 is 10.1 Å². The van der Waals surface area contributed by atoms with Gasteiger partial charge in [0.15, 0.2) is 6.61 Å². The van der Waals surface area contributed by atoms with Crippen molar-refractivity contribution in [2.45, 2.75) is 26.6 Å². The lowest BCUT2D eigenvalue weighted by Crippen LogP contribution is -2.23. The molecule has 0 aliphatic carbocycles. The molecule has 0 saturated carbocycles. The van der Waals surface area contributed by atoms with Crippen LogP contribution in [-0.4, -0.2) is 28.7 Å². The van der Waals surface area contributed by atoms with Crippen LogP contribution in [0.3, 0.4) is 0 Å². The summed E-state index contributed by atoms with van der Waals surface area (Å²) in [5.74, 6) is -0.373. The summed E-state index contributed by atoms with van der Waals surface area (Å²) in [5.41, 5.74) is 2.58. The van der Waals surface area contributed by atoms with Gasteiger partial charge in [0.05, 0.1) is 0 Å². The minimum absolute atomic E-state index is 0.107. The Bertz CT molecular complexity index is 733. The van der Waals surface area contributed by atoms with Gasteiger partial charge in [-0.1, -0.05) is 0 Å². The van der Waals surface area contributed by atoms with Crippen LogP contribution in [0.15, 0.2) is 30.6 Å². The van der Waals surface area contributed by atoms with Crippen molar-refractivity contribution >= 4 is 5.91 Å². The van der Waals surface area contributed by atoms with Crippen molar-refractivity contribution in [3.63, 3.8) is 0 Å². The number of carbonyl (C=O) groups excluding carboxylic acids is 1. The Morgan fingerprint density at radius 3 is 2.62 bits per heavy atom. The Labute approximate surface area is 136 Å². The highest BCUT2D eigenvalue weighted by Gasteiger charge is 2.28. The molecule has 5 nitrogen and oxygen atoms in total. The van der Waals surface area contributed by atoms with Crippen molar-refractivity contribution in [1.82, 2.24) is 15.3 Å². The molecule has 0 bridgehead atoms. The highest BCUT2D eigenvalue weighted by atomic mass is 19.4. The molecule has 0 unspecified atom stereocenters. The maximum Gasteiger partial charge on any atom is 0.422 e. The predicted octanol–water partition coefficient (Wildman–Crippen LogP) is 2.96. The second-order valence-electron chi connectivity index (χ2n) is 5.22. The lowest BCUT2D eigenvalue weighted by Gasteiger charge is -2.11. The summed E-state index contributed by atoms with van der Waals surface area (Å²) in [5, 5.41) is 2.73. The molecule has 0 fully saturated rings. The predicted molar refractivity (Wildman–Crippen MR) is 80.7 cm³/mol. The molecule has 128 valence electrons. The van der Waals surface area contributed by atoms with Gasteiger partial charge in [0.1, 0.15) is 0 Å². The van der Waals surface area contributed by atoms with Gasteiger partial charge in [0.2, 0.25) is 5.88 Å². The van der Waals surface area contributed by atoms with E-state index in [-0.39, 0.29) is 18.3 Å². The molecule has 8 heteroatoms. The number of rotatable bonds is 5. The average Bonchev–Trinajstić information content (AvgIpc) is 2.51. The third-order valence-corrected chi connectivity index (χ3v) is 3.18. The van der Waals surface area contributed by atoms with E-state index in [2.05, 4.69) is 20.0 Å². The van der Waals surface area contributed by atoms with E-state index < -0.39 is 12.8 Å². The van der Waals surface area contributed by atoms with Crippen LogP contribution in [0.25, 0.3) is 0 Å². The van der Waals surface area contributed by atoms with E-state index in [0.717, 1.165) is 5.69 Å². The molecule has 0 saturated heterocycles. The van der Waals surface area contributed by atoms with E-state index in [0.29, 0.717) is 16.7 Å². The fourth-order valence-corrected chi connectivity index (χ4v) is 1.94. The molecule has 2 rings (SSSR count). The molecular weight excluding hydrogens is 323 g/mol. The van der Waals surface area contributed by atoms with Crippen molar-refractivity contribution in [3.05, 3.63) is 53.0 Å². The van der Waals surface area contributed by atoms with Gasteiger partial charge >= 0.3 is 6.18 Å². The molecule has 0 spiro atoms. The molecule has 0 aromatic carbocycles. The van der Waals surface area contributed by atoms with Crippen molar-refractivity contribution in [2.75, 3.05) is 6.61 Å². The number of alkyl halides is 3. The van der Waals surface area contributed by atoms with Gasteiger partial charge in [-0.2, -0.15) is 13.2 Å². The first-order valence-corrected chi connectivity index (χ1v) is 7.10. The minimum Gasteiger partial charge on any atom is -0.468 e. The molecule has 2 aromatic heterocycles. The van der Waals surface area contributed by atoms with E-state index in [1.807, 2.05) is 0 Å². The second-order valence-corrected chi connectivity index (χ2v) is 5.22. The number of amides is 1. The number of carbonyl (C=O) groups is 1. The Morgan fingerprint density at radius 1 is 1.25 bits per heavy atom. The molecule has 2 heterocycles. The van der Waals surface area contributed by atoms with Crippen LogP contribution in [0.4, 0.5) is 13.2 Å². The van der Waals surface area contributed by atoms with Gasteiger partial charge in [-0.05, 0) is 37.1 Å². The maximum absolute atomic E-state index is 12.1. The third kappa shape index (κ3) is 5.22. The summed E-state index contributed by atoms with van der Waals surface area (Å²) >= 11 is 0. The van der Waals surface area contributed by atoms with Gasteiger partial charge in [0, 0.05) is 36.3 Å². The Kier molecular flexibility index (Phi) is 5.38. The number of nitrogens with zero attached hydrogens (tertiary/aromatic N) is 2. The number of aryl methyl sites for hydroxylation is 2. The van der Waals surface area contributed by atoms with E-state index in [1.54, 1.807) is 32.2 Å². The molecule has 1 N–H and O–H groups in total. The van der Waals surface area contributed by atoms with Crippen molar-refractivity contribution < 1.29 is 22.7 Å². The Hall–Kier alpha value is -2.64. The first-order chi connectivity index (χ1) is 11.2. The summed E-state index contributed by atoms with van der Waals surface area (Å²) < 4.78 is 40.9. The molecule has 1 amide bonds. The van der Waals surface area contributed by atoms with Crippen molar-refractivity contribution in [2.24, 2.45) is 0 Å². The summed E-state index contributed by atoms with van der Waals surface area (Å²) in [6.45, 7) is 2.31. The van der Waals surface area contributed by atoms with E-state index in [4.69, 9.17) is 0 Å². The van der Waals surface area contributed by atoms with Crippen LogP contribution in [0.5, 0.6) is 5.88 Å². The summed E-state index contributed by atoms with van der Waals surface area (Å²) in [6, 6.07) is 4.67. The van der Waals surface area contributed by atoms with Gasteiger partial charge in [0.25, 0.3) is 5.91 Å². The number of halogens is 3. The Balaban J connectivity index is 1.96. The number of aromatic nitrogens is 2. The highest BCUT2D eigenvalue weighted by molar-refractivity contribution is 5.94. The molecule has 0 aliphatic heterocycles. The van der Waals surface area contributed by atoms with Crippen molar-refractivity contribution in [3.8, 4) is 5.88 Å². The largest absolute Gasteiger partial charge is 0.468 e. The number of ether oxygens (including phenoxy) is 1. The van der Waals surface area contributed by atoms with E-state index in [1.165, 1.54) is 12.3 Å². The minimum atomic E-state index is -4.41. The lowest BCUT2D eigenvalue weighted by atomic mass is 10.1. The monoisotopic (exact) mass is 339 g/mol. The quantitative estimate of drug-likeness (QED) is 0.910. The van der Waals surface area contributed by atoms with E-state index >= 15 is 0 Å². The fraction of sp³-hybridized carbons (Fsp3) is 0.312. The maximum atomic E-state index is 12.1. The molecular formula is C16H16F3N3O2. The zero-order valence-electron chi connectivity index (χ0n) is 13.1. The summed E-state index contributed by atoms with van der Waals surface area (Å²) in [6.07, 6.45) is -1.48. The average molecular weight is 339 g/mol. The summed E-state index contributed by atoms with van der Waals surface area (Å²) in [7, 11) is 0. The van der Waals surface area contributed by atoms with Crippen LogP contribution in [-0.2, 0) is 6.54 Å². The number of pyridine rings is 2. The molecule has 0 aliphatic rings. The van der Waals surface area contributed by atoms with E-state index in [9.17, 15) is 18.0 Å². The molecule has 0 radical (unpaired) electrons. The SMILES string of the molecule is Cc1cc(C(=O)NCc2cnc(OCC(F)(F)F)cc2C)ccn1. The lowest BCUT2D eigenvalue weighted by molar-refractivity contribution is -0.154. The van der Waals surface area contributed by atoms with Gasteiger partial charge in [-0.15, -0.1) is 0 Å². The van der Waals surface area contributed by atoms with Crippen LogP contribution in [0, 0.1) is 13.8 Å². The van der Waals surface area contributed by atoms with Crippen LogP contribution in [0.2, 0.25) is 0 Å². The topological polar surface area (TPSA) is 64.1 Å². The third-order valence-electron chi connectivity index (χ3n) is 3.18. The second kappa shape index (κ2) is 7.29. The molecule has 24 heavy (non-hydrogen) atoms. The smallest absolute Gasteiger partial charge is 0.422 e.